The molecule has 0 saturated heterocycles. The average molecular weight is 249 g/mol. The minimum absolute atomic E-state index is 0.545. The minimum atomic E-state index is 0.545. The SMILES string of the molecule is C[C@H]1c2ccccc2C[C@H]2c3ccccc3CCN12. The second kappa shape index (κ2) is 4.21. The molecule has 2 aromatic rings. The molecule has 2 aromatic carbocycles. The lowest BCUT2D eigenvalue weighted by atomic mass is 9.81. The Morgan fingerprint density at radius 3 is 2.42 bits per heavy atom. The third-order valence-electron chi connectivity index (χ3n) is 4.87. The van der Waals surface area contributed by atoms with Crippen LogP contribution in [0.25, 0.3) is 0 Å². The van der Waals surface area contributed by atoms with Gasteiger partial charge in [0.2, 0.25) is 0 Å². The second-order valence-electron chi connectivity index (χ2n) is 5.78. The summed E-state index contributed by atoms with van der Waals surface area (Å²) in [6.07, 6.45) is 2.36. The second-order valence-corrected chi connectivity index (χ2v) is 5.78. The molecule has 0 spiro atoms. The largest absolute Gasteiger partial charge is 0.289 e. The van der Waals surface area contributed by atoms with Crippen LogP contribution in [0.1, 0.15) is 41.3 Å². The Labute approximate surface area is 114 Å². The maximum Gasteiger partial charge on any atom is 0.0397 e. The van der Waals surface area contributed by atoms with E-state index < -0.39 is 0 Å². The fraction of sp³-hybridized carbons (Fsp3) is 0.333. The minimum Gasteiger partial charge on any atom is -0.289 e. The van der Waals surface area contributed by atoms with E-state index in [-0.39, 0.29) is 0 Å². The zero-order valence-corrected chi connectivity index (χ0v) is 11.3. The molecule has 2 heterocycles. The molecule has 0 amide bonds. The molecule has 0 unspecified atom stereocenters. The Hall–Kier alpha value is -1.60. The monoisotopic (exact) mass is 249 g/mol. The zero-order valence-electron chi connectivity index (χ0n) is 11.3. The summed E-state index contributed by atoms with van der Waals surface area (Å²) in [4.78, 5) is 2.69. The molecule has 0 saturated carbocycles. The Morgan fingerprint density at radius 1 is 0.895 bits per heavy atom. The highest BCUT2D eigenvalue weighted by atomic mass is 15.2. The van der Waals surface area contributed by atoms with Crippen LogP contribution < -0.4 is 0 Å². The van der Waals surface area contributed by atoms with E-state index in [2.05, 4.69) is 60.4 Å². The van der Waals surface area contributed by atoms with E-state index in [0.29, 0.717) is 12.1 Å². The molecule has 4 rings (SSSR count). The fourth-order valence-electron chi connectivity index (χ4n) is 3.88. The van der Waals surface area contributed by atoms with E-state index in [1.54, 1.807) is 11.1 Å². The Morgan fingerprint density at radius 2 is 1.58 bits per heavy atom. The summed E-state index contributed by atoms with van der Waals surface area (Å²) in [5, 5.41) is 0. The molecular formula is C18H19N. The predicted molar refractivity (Wildman–Crippen MR) is 78.2 cm³/mol. The molecule has 0 fully saturated rings. The zero-order chi connectivity index (χ0) is 12.8. The van der Waals surface area contributed by atoms with Crippen LogP contribution in [0.3, 0.4) is 0 Å². The van der Waals surface area contributed by atoms with Crippen molar-refractivity contribution in [2.24, 2.45) is 0 Å². The van der Waals surface area contributed by atoms with Crippen LogP contribution in [0.4, 0.5) is 0 Å². The summed E-state index contributed by atoms with van der Waals surface area (Å²) < 4.78 is 0. The van der Waals surface area contributed by atoms with Gasteiger partial charge >= 0.3 is 0 Å². The van der Waals surface area contributed by atoms with Crippen LogP contribution in [-0.2, 0) is 12.8 Å². The van der Waals surface area contributed by atoms with E-state index in [1.807, 2.05) is 0 Å². The quantitative estimate of drug-likeness (QED) is 0.684. The topological polar surface area (TPSA) is 3.24 Å². The van der Waals surface area contributed by atoms with E-state index >= 15 is 0 Å². The summed E-state index contributed by atoms with van der Waals surface area (Å²) >= 11 is 0. The third-order valence-corrected chi connectivity index (χ3v) is 4.87. The number of hydrogen-bond acceptors (Lipinski definition) is 1. The van der Waals surface area contributed by atoms with Crippen molar-refractivity contribution in [2.45, 2.75) is 31.8 Å². The molecule has 0 bridgehead atoms. The summed E-state index contributed by atoms with van der Waals surface area (Å²) in [6.45, 7) is 3.55. The first-order valence-corrected chi connectivity index (χ1v) is 7.26. The fourth-order valence-corrected chi connectivity index (χ4v) is 3.88. The number of hydrogen-bond donors (Lipinski definition) is 0. The summed E-state index contributed by atoms with van der Waals surface area (Å²) in [5.41, 5.74) is 6.16. The molecule has 2 aliphatic heterocycles. The van der Waals surface area contributed by atoms with E-state index in [4.69, 9.17) is 0 Å². The lowest BCUT2D eigenvalue weighted by Crippen LogP contribution is -2.41. The van der Waals surface area contributed by atoms with E-state index in [0.717, 1.165) is 6.42 Å². The van der Waals surface area contributed by atoms with Gasteiger partial charge in [0.1, 0.15) is 0 Å². The highest BCUT2D eigenvalue weighted by molar-refractivity contribution is 5.40. The molecule has 0 aliphatic carbocycles. The molecule has 2 aliphatic rings. The van der Waals surface area contributed by atoms with Crippen molar-refractivity contribution in [1.29, 1.82) is 0 Å². The normalized spacial score (nSPS) is 25.3. The van der Waals surface area contributed by atoms with Gasteiger partial charge in [0.15, 0.2) is 0 Å². The lowest BCUT2D eigenvalue weighted by molar-refractivity contribution is 0.118. The van der Waals surface area contributed by atoms with Gasteiger partial charge in [-0.1, -0.05) is 48.5 Å². The highest BCUT2D eigenvalue weighted by Gasteiger charge is 2.35. The van der Waals surface area contributed by atoms with Gasteiger partial charge in [0, 0.05) is 18.6 Å². The van der Waals surface area contributed by atoms with Crippen molar-refractivity contribution < 1.29 is 0 Å². The standard InChI is InChI=1S/C18H19N/c1-13-16-8-4-3-7-15(16)12-18-17-9-5-2-6-14(17)10-11-19(13)18/h2-9,13,18H,10-12H2,1H3/t13-,18-/m0/s1. The first kappa shape index (κ1) is 11.2. The molecule has 19 heavy (non-hydrogen) atoms. The molecule has 0 N–H and O–H groups in total. The van der Waals surface area contributed by atoms with Crippen LogP contribution in [0.2, 0.25) is 0 Å². The van der Waals surface area contributed by atoms with Crippen molar-refractivity contribution in [3.63, 3.8) is 0 Å². The highest BCUT2D eigenvalue weighted by Crippen LogP contribution is 2.43. The number of nitrogens with zero attached hydrogens (tertiary/aromatic N) is 1. The maximum atomic E-state index is 2.69. The van der Waals surface area contributed by atoms with Crippen molar-refractivity contribution in [3.8, 4) is 0 Å². The van der Waals surface area contributed by atoms with Gasteiger partial charge in [-0.25, -0.2) is 0 Å². The Bertz CT molecular complexity index is 617. The average Bonchev–Trinajstić information content (AvgIpc) is 2.47. The lowest BCUT2D eigenvalue weighted by Gasteiger charge is -2.45. The molecule has 1 heteroatoms. The van der Waals surface area contributed by atoms with Crippen LogP contribution in [0.15, 0.2) is 48.5 Å². The molecule has 2 atom stereocenters. The Kier molecular flexibility index (Phi) is 2.49. The first-order valence-electron chi connectivity index (χ1n) is 7.26. The van der Waals surface area contributed by atoms with Crippen LogP contribution in [0.5, 0.6) is 0 Å². The van der Waals surface area contributed by atoms with E-state index in [1.165, 1.54) is 24.1 Å². The molecular weight excluding hydrogens is 230 g/mol. The van der Waals surface area contributed by atoms with Gasteiger partial charge in [-0.05, 0) is 42.0 Å². The molecule has 1 nitrogen and oxygen atoms in total. The number of fused-ring (bicyclic) bond motifs is 4. The third kappa shape index (κ3) is 1.65. The number of benzene rings is 2. The molecule has 96 valence electrons. The predicted octanol–water partition coefficient (Wildman–Crippen LogP) is 3.90. The molecule has 0 aromatic heterocycles. The van der Waals surface area contributed by atoms with Gasteiger partial charge in [0.25, 0.3) is 0 Å². The van der Waals surface area contributed by atoms with Crippen LogP contribution in [-0.4, -0.2) is 11.4 Å². The van der Waals surface area contributed by atoms with Gasteiger partial charge in [-0.15, -0.1) is 0 Å². The summed E-state index contributed by atoms with van der Waals surface area (Å²) in [7, 11) is 0. The molecule has 0 radical (unpaired) electrons. The van der Waals surface area contributed by atoms with E-state index in [9.17, 15) is 0 Å². The van der Waals surface area contributed by atoms with Crippen LogP contribution >= 0.6 is 0 Å². The van der Waals surface area contributed by atoms with Crippen molar-refractivity contribution >= 4 is 0 Å². The van der Waals surface area contributed by atoms with Crippen molar-refractivity contribution in [2.75, 3.05) is 6.54 Å². The van der Waals surface area contributed by atoms with Gasteiger partial charge in [-0.3, -0.25) is 4.90 Å². The van der Waals surface area contributed by atoms with Crippen molar-refractivity contribution in [1.82, 2.24) is 4.90 Å². The summed E-state index contributed by atoms with van der Waals surface area (Å²) in [5.74, 6) is 0. The van der Waals surface area contributed by atoms with Crippen LogP contribution in [0, 0.1) is 0 Å². The Balaban J connectivity index is 1.83. The number of rotatable bonds is 0. The smallest absolute Gasteiger partial charge is 0.0397 e. The first-order chi connectivity index (χ1) is 9.34. The van der Waals surface area contributed by atoms with Gasteiger partial charge in [0.05, 0.1) is 0 Å². The summed E-state index contributed by atoms with van der Waals surface area (Å²) in [6, 6.07) is 19.1. The maximum absolute atomic E-state index is 2.69. The van der Waals surface area contributed by atoms with Gasteiger partial charge < -0.3 is 0 Å². The van der Waals surface area contributed by atoms with Gasteiger partial charge in [-0.2, -0.15) is 0 Å². The van der Waals surface area contributed by atoms with Crippen molar-refractivity contribution in [3.05, 3.63) is 70.8 Å².